The number of amidine groups is 1. The van der Waals surface area contributed by atoms with Gasteiger partial charge >= 0.3 is 0 Å². The molecule has 4 heterocycles. The van der Waals surface area contributed by atoms with Gasteiger partial charge < -0.3 is 19.8 Å². The number of aliphatic hydroxyl groups excluding tert-OH is 1. The van der Waals surface area contributed by atoms with Crippen LogP contribution in [0.15, 0.2) is 45.4 Å². The summed E-state index contributed by atoms with van der Waals surface area (Å²) in [4.78, 5) is 38.3. The van der Waals surface area contributed by atoms with Crippen molar-refractivity contribution in [2.75, 3.05) is 6.54 Å². The van der Waals surface area contributed by atoms with Crippen LogP contribution >= 0.6 is 11.3 Å². The van der Waals surface area contributed by atoms with Gasteiger partial charge in [0.1, 0.15) is 23.1 Å². The lowest BCUT2D eigenvalue weighted by atomic mass is 9.90. The summed E-state index contributed by atoms with van der Waals surface area (Å²) in [6, 6.07) is 9.04. The van der Waals surface area contributed by atoms with Gasteiger partial charge in [0.15, 0.2) is 0 Å². The summed E-state index contributed by atoms with van der Waals surface area (Å²) in [5.74, 6) is -0.218. The number of thiazole rings is 1. The smallest absolute Gasteiger partial charge is 0.277 e. The number of amides is 2. The second-order valence-corrected chi connectivity index (χ2v) is 11.2. The Morgan fingerprint density at radius 3 is 2.59 bits per heavy atom. The molecule has 9 nitrogen and oxygen atoms in total. The van der Waals surface area contributed by atoms with Crippen LogP contribution in [0.3, 0.4) is 0 Å². The topological polar surface area (TPSA) is 121 Å². The van der Waals surface area contributed by atoms with Crippen LogP contribution in [0.5, 0.6) is 0 Å². The van der Waals surface area contributed by atoms with Crippen LogP contribution in [-0.4, -0.2) is 56.5 Å². The molecule has 2 N–H and O–H groups in total. The molecule has 1 fully saturated rings. The molecular formula is C27H31N5O4S. The minimum absolute atomic E-state index is 0.0516. The van der Waals surface area contributed by atoms with Crippen molar-refractivity contribution in [1.82, 2.24) is 20.4 Å². The molecule has 1 saturated heterocycles. The summed E-state index contributed by atoms with van der Waals surface area (Å²) in [6.45, 7) is 9.64. The number of rotatable bonds is 6. The van der Waals surface area contributed by atoms with Gasteiger partial charge in [-0.25, -0.2) is 4.98 Å². The molecule has 4 atom stereocenters. The highest BCUT2D eigenvalue weighted by Crippen LogP contribution is 2.35. The molecule has 37 heavy (non-hydrogen) atoms. The maximum Gasteiger partial charge on any atom is 0.277 e. The van der Waals surface area contributed by atoms with Gasteiger partial charge in [-0.2, -0.15) is 4.99 Å². The van der Waals surface area contributed by atoms with Crippen molar-refractivity contribution in [3.8, 4) is 10.4 Å². The maximum absolute atomic E-state index is 13.8. The third-order valence-electron chi connectivity index (χ3n) is 7.26. The van der Waals surface area contributed by atoms with Crippen LogP contribution in [0.2, 0.25) is 0 Å². The highest BCUT2D eigenvalue weighted by Gasteiger charge is 2.48. The third-order valence-corrected chi connectivity index (χ3v) is 8.24. The van der Waals surface area contributed by atoms with Gasteiger partial charge in [0, 0.05) is 19.0 Å². The minimum atomic E-state index is -1.07. The van der Waals surface area contributed by atoms with Crippen molar-refractivity contribution in [2.24, 2.45) is 10.9 Å². The number of nitrogens with zero attached hydrogens (tertiary/aromatic N) is 4. The summed E-state index contributed by atoms with van der Waals surface area (Å²) in [5, 5.41) is 17.8. The normalized spacial score (nSPS) is 24.5. The highest BCUT2D eigenvalue weighted by molar-refractivity contribution is 7.13. The average Bonchev–Trinajstić information content (AvgIpc) is 3.62. The number of hydrogen-bond acceptors (Lipinski definition) is 8. The zero-order valence-electron chi connectivity index (χ0n) is 21.6. The van der Waals surface area contributed by atoms with Gasteiger partial charge in [-0.3, -0.25) is 9.59 Å². The van der Waals surface area contributed by atoms with Crippen molar-refractivity contribution in [2.45, 2.75) is 64.6 Å². The number of β-amino-alcohol motifs (C(OH)–C–C–N with tert-alkyl or cyclic N) is 1. The third kappa shape index (κ3) is 4.48. The number of aliphatic hydroxyl groups is 1. The van der Waals surface area contributed by atoms with Crippen molar-refractivity contribution < 1.29 is 19.2 Å². The van der Waals surface area contributed by atoms with E-state index in [1.165, 1.54) is 0 Å². The Balaban J connectivity index is 1.39. The van der Waals surface area contributed by atoms with E-state index in [-0.39, 0.29) is 24.3 Å². The maximum atomic E-state index is 13.8. The van der Waals surface area contributed by atoms with Crippen molar-refractivity contribution in [3.63, 3.8) is 0 Å². The molecule has 2 amide bonds. The van der Waals surface area contributed by atoms with Gasteiger partial charge in [0.2, 0.25) is 5.91 Å². The Labute approximate surface area is 219 Å². The summed E-state index contributed by atoms with van der Waals surface area (Å²) < 4.78 is 5.44. The monoisotopic (exact) mass is 521 g/mol. The van der Waals surface area contributed by atoms with E-state index in [2.05, 4.69) is 20.4 Å². The van der Waals surface area contributed by atoms with Gasteiger partial charge in [0.25, 0.3) is 5.91 Å². The number of carbonyl (C=O) groups is 2. The number of aryl methyl sites for hydroxylation is 2. The first-order valence-electron chi connectivity index (χ1n) is 12.4. The van der Waals surface area contributed by atoms with Gasteiger partial charge in [-0.15, -0.1) is 11.3 Å². The number of carbonyl (C=O) groups excluding carboxylic acids is 2. The lowest BCUT2D eigenvalue weighted by Crippen LogP contribution is -2.51. The number of aromatic nitrogens is 2. The van der Waals surface area contributed by atoms with Crippen LogP contribution in [0, 0.1) is 19.8 Å². The molecule has 1 aromatic carbocycles. The second-order valence-electron chi connectivity index (χ2n) is 10.4. The number of aliphatic imine (C=N–C) groups is 1. The predicted molar refractivity (Wildman–Crippen MR) is 140 cm³/mol. The van der Waals surface area contributed by atoms with E-state index in [4.69, 9.17) is 4.52 Å². The molecule has 10 heteroatoms. The fourth-order valence-corrected chi connectivity index (χ4v) is 6.02. The first kappa shape index (κ1) is 25.3. The predicted octanol–water partition coefficient (Wildman–Crippen LogP) is 3.56. The Bertz CT molecular complexity index is 1360. The van der Waals surface area contributed by atoms with Crippen LogP contribution in [0.1, 0.15) is 55.8 Å². The number of nitrogens with one attached hydrogen (secondary N) is 1. The van der Waals surface area contributed by atoms with Crippen molar-refractivity contribution in [1.29, 1.82) is 0 Å². The Hall–Kier alpha value is -3.37. The molecule has 0 spiro atoms. The Morgan fingerprint density at radius 2 is 2.00 bits per heavy atom. The minimum Gasteiger partial charge on any atom is -0.391 e. The fourth-order valence-electron chi connectivity index (χ4n) is 5.21. The second kappa shape index (κ2) is 9.50. The van der Waals surface area contributed by atoms with Gasteiger partial charge in [0.05, 0.1) is 33.9 Å². The molecular weight excluding hydrogens is 490 g/mol. The quantitative estimate of drug-likeness (QED) is 0.509. The molecule has 0 aliphatic carbocycles. The van der Waals surface area contributed by atoms with Crippen LogP contribution in [0.4, 0.5) is 0 Å². The SMILES string of the molecule is Cc1cc([C@H](C(=O)N2C[C@H](O)C[C@@H]2C2=NC(=O)[C@](C)(c3ccc(-c4scnc4C)cc3)N2)C(C)C)on1. The van der Waals surface area contributed by atoms with Crippen LogP contribution in [-0.2, 0) is 15.1 Å². The summed E-state index contributed by atoms with van der Waals surface area (Å²) in [7, 11) is 0. The molecule has 5 rings (SSSR count). The molecule has 2 aliphatic heterocycles. The molecule has 0 radical (unpaired) electrons. The fraction of sp³-hybridized carbons (Fsp3) is 0.444. The lowest BCUT2D eigenvalue weighted by Gasteiger charge is -2.31. The van der Waals surface area contributed by atoms with Gasteiger partial charge in [-0.05, 0) is 37.8 Å². The first-order valence-corrected chi connectivity index (χ1v) is 13.3. The molecule has 194 valence electrons. The van der Waals surface area contributed by atoms with E-state index in [1.807, 2.05) is 57.5 Å². The zero-order valence-corrected chi connectivity index (χ0v) is 22.4. The van der Waals surface area contributed by atoms with Gasteiger partial charge in [-0.1, -0.05) is 43.3 Å². The molecule has 0 bridgehead atoms. The highest BCUT2D eigenvalue weighted by atomic mass is 32.1. The average molecular weight is 522 g/mol. The Morgan fingerprint density at radius 1 is 1.27 bits per heavy atom. The molecule has 0 unspecified atom stereocenters. The van der Waals surface area contributed by atoms with E-state index in [0.717, 1.165) is 21.7 Å². The van der Waals surface area contributed by atoms with E-state index in [0.29, 0.717) is 23.7 Å². The summed E-state index contributed by atoms with van der Waals surface area (Å²) >= 11 is 1.58. The van der Waals surface area contributed by atoms with E-state index < -0.39 is 23.6 Å². The van der Waals surface area contributed by atoms with Crippen LogP contribution in [0.25, 0.3) is 10.4 Å². The molecule has 2 aromatic heterocycles. The summed E-state index contributed by atoms with van der Waals surface area (Å²) in [6.07, 6.45) is -0.420. The summed E-state index contributed by atoms with van der Waals surface area (Å²) in [5.41, 5.74) is 4.23. The standard InChI is InChI=1S/C27H31N5O4S/c1-14(2)22(21-10-15(3)31-36-21)25(34)32-12-19(33)11-20(32)24-29-26(35)27(5,30-24)18-8-6-17(7-9-18)23-16(4)28-13-37-23/h6-10,13-14,19-20,22,33H,11-12H2,1-5H3,(H,29,30,35)/t19-,20-,22-,27+/m1/s1. The van der Waals surface area contributed by atoms with E-state index in [9.17, 15) is 14.7 Å². The number of hydrogen-bond donors (Lipinski definition) is 2. The van der Waals surface area contributed by atoms with Crippen LogP contribution < -0.4 is 5.32 Å². The van der Waals surface area contributed by atoms with Crippen molar-refractivity contribution >= 4 is 29.0 Å². The zero-order chi connectivity index (χ0) is 26.5. The van der Waals surface area contributed by atoms with E-state index in [1.54, 1.807) is 29.2 Å². The lowest BCUT2D eigenvalue weighted by molar-refractivity contribution is -0.134. The van der Waals surface area contributed by atoms with Crippen molar-refractivity contribution in [3.05, 3.63) is 58.6 Å². The molecule has 3 aromatic rings. The number of likely N-dealkylation sites (tertiary alicyclic amines) is 1. The largest absolute Gasteiger partial charge is 0.391 e. The van der Waals surface area contributed by atoms with E-state index >= 15 is 0 Å². The molecule has 2 aliphatic rings. The number of benzene rings is 1. The Kier molecular flexibility index (Phi) is 6.49. The molecule has 0 saturated carbocycles. The first-order chi connectivity index (χ1) is 17.6.